The maximum atomic E-state index is 13.5. The first-order valence-electron chi connectivity index (χ1n) is 12.9. The summed E-state index contributed by atoms with van der Waals surface area (Å²) in [6.45, 7) is 11.9. The van der Waals surface area contributed by atoms with Gasteiger partial charge in [0, 0.05) is 5.56 Å². The van der Waals surface area contributed by atoms with Crippen LogP contribution in [0.15, 0.2) is 48.0 Å². The van der Waals surface area contributed by atoms with E-state index in [1.54, 1.807) is 39.0 Å². The molecule has 1 atom stereocenters. The number of aliphatic hydroxyl groups is 1. The zero-order chi connectivity index (χ0) is 28.4. The number of ether oxygens (including phenoxy) is 2. The number of thiazole rings is 1. The molecule has 0 radical (unpaired) electrons. The van der Waals surface area contributed by atoms with Gasteiger partial charge in [-0.15, -0.1) is 0 Å². The first kappa shape index (κ1) is 28.0. The zero-order valence-corrected chi connectivity index (χ0v) is 23.7. The average Bonchev–Trinajstić information content (AvgIpc) is 3.41. The van der Waals surface area contributed by atoms with Gasteiger partial charge in [0.05, 0.1) is 30.5 Å². The minimum atomic E-state index is -0.947. The van der Waals surface area contributed by atoms with Crippen LogP contribution >= 0.6 is 11.3 Å². The van der Waals surface area contributed by atoms with E-state index in [2.05, 4.69) is 18.8 Å². The van der Waals surface area contributed by atoms with Gasteiger partial charge >= 0.3 is 11.9 Å². The van der Waals surface area contributed by atoms with E-state index in [9.17, 15) is 19.5 Å². The number of carbonyl (C=O) groups is 3. The van der Waals surface area contributed by atoms with Crippen molar-refractivity contribution in [3.8, 4) is 5.75 Å². The predicted octanol–water partition coefficient (Wildman–Crippen LogP) is 6.09. The van der Waals surface area contributed by atoms with Gasteiger partial charge in [0.25, 0.3) is 5.78 Å². The zero-order valence-electron chi connectivity index (χ0n) is 22.9. The van der Waals surface area contributed by atoms with E-state index in [0.29, 0.717) is 34.7 Å². The molecule has 1 aliphatic rings. The van der Waals surface area contributed by atoms with Crippen molar-refractivity contribution < 1.29 is 29.0 Å². The molecule has 2 heterocycles. The Kier molecular flexibility index (Phi) is 8.20. The molecule has 1 fully saturated rings. The molecule has 2 aromatic carbocycles. The number of benzene rings is 2. The minimum absolute atomic E-state index is 0.0462. The molecule has 39 heavy (non-hydrogen) atoms. The van der Waals surface area contributed by atoms with Crippen LogP contribution in [0, 0.1) is 13.8 Å². The second-order valence-corrected chi connectivity index (χ2v) is 10.5. The van der Waals surface area contributed by atoms with E-state index in [-0.39, 0.29) is 33.9 Å². The molecule has 1 N–H and O–H groups in total. The Morgan fingerprint density at radius 3 is 2.36 bits per heavy atom. The van der Waals surface area contributed by atoms with Crippen LogP contribution in [0.3, 0.4) is 0 Å². The lowest BCUT2D eigenvalue weighted by atomic mass is 9.92. The molecule has 0 spiro atoms. The number of carbonyl (C=O) groups excluding carboxylic acids is 3. The summed E-state index contributed by atoms with van der Waals surface area (Å²) in [4.78, 5) is 45.5. The molecule has 3 aromatic rings. The van der Waals surface area contributed by atoms with Crippen molar-refractivity contribution in [1.82, 2.24) is 4.98 Å². The van der Waals surface area contributed by atoms with E-state index in [1.807, 2.05) is 31.2 Å². The number of hydrogen-bond acceptors (Lipinski definition) is 8. The topological polar surface area (TPSA) is 106 Å². The molecular weight excluding hydrogens is 516 g/mol. The number of aryl methyl sites for hydroxylation is 2. The molecule has 0 aliphatic carbocycles. The first-order chi connectivity index (χ1) is 18.6. The summed E-state index contributed by atoms with van der Waals surface area (Å²) >= 11 is 0.984. The largest absolute Gasteiger partial charge is 0.507 e. The van der Waals surface area contributed by atoms with Crippen LogP contribution in [0.1, 0.15) is 77.3 Å². The quantitative estimate of drug-likeness (QED) is 0.157. The number of anilines is 1. The highest BCUT2D eigenvalue weighted by Crippen LogP contribution is 2.44. The number of nitrogens with zero attached hydrogens (tertiary/aromatic N) is 2. The van der Waals surface area contributed by atoms with Crippen LogP contribution in [0.5, 0.6) is 5.75 Å². The normalized spacial score (nSPS) is 16.7. The Hall–Kier alpha value is -3.98. The lowest BCUT2D eigenvalue weighted by molar-refractivity contribution is -0.132. The van der Waals surface area contributed by atoms with Crippen LogP contribution in [0.2, 0.25) is 0 Å². The fourth-order valence-corrected chi connectivity index (χ4v) is 5.57. The molecule has 8 nitrogen and oxygen atoms in total. The van der Waals surface area contributed by atoms with Gasteiger partial charge in [0.1, 0.15) is 16.4 Å². The van der Waals surface area contributed by atoms with Gasteiger partial charge in [-0.25, -0.2) is 9.78 Å². The number of esters is 1. The van der Waals surface area contributed by atoms with Crippen molar-refractivity contribution in [2.45, 2.75) is 53.5 Å². The minimum Gasteiger partial charge on any atom is -0.507 e. The van der Waals surface area contributed by atoms with Gasteiger partial charge in [-0.05, 0) is 68.5 Å². The molecule has 1 aliphatic heterocycles. The third-order valence-electron chi connectivity index (χ3n) is 6.58. The second kappa shape index (κ2) is 11.4. The summed E-state index contributed by atoms with van der Waals surface area (Å²) in [7, 11) is 0. The lowest BCUT2D eigenvalue weighted by Gasteiger charge is -2.23. The van der Waals surface area contributed by atoms with Crippen LogP contribution < -0.4 is 9.64 Å². The Bertz CT molecular complexity index is 1450. The monoisotopic (exact) mass is 548 g/mol. The summed E-state index contributed by atoms with van der Waals surface area (Å²) in [5.41, 5.74) is 3.18. The average molecular weight is 549 g/mol. The van der Waals surface area contributed by atoms with Crippen LogP contribution in [0.25, 0.3) is 5.76 Å². The Morgan fingerprint density at radius 2 is 1.77 bits per heavy atom. The summed E-state index contributed by atoms with van der Waals surface area (Å²) in [6.07, 6.45) is 0. The van der Waals surface area contributed by atoms with Crippen LogP contribution in [-0.4, -0.2) is 41.0 Å². The number of aliphatic hydroxyl groups excluding tert-OH is 1. The summed E-state index contributed by atoms with van der Waals surface area (Å²) in [5, 5.41) is 11.7. The van der Waals surface area contributed by atoms with Crippen molar-refractivity contribution in [3.63, 3.8) is 0 Å². The molecule has 9 heteroatoms. The van der Waals surface area contributed by atoms with E-state index in [1.165, 1.54) is 4.90 Å². The van der Waals surface area contributed by atoms with Gasteiger partial charge in [0.15, 0.2) is 5.13 Å². The SMILES string of the molecule is CCOC(=O)c1sc(N2C(=O)C(=O)/C(=C(/O)c3ccc(OCC)cc3C)C2c2ccc(C(C)C)cc2)nc1C. The van der Waals surface area contributed by atoms with Crippen molar-refractivity contribution in [2.24, 2.45) is 0 Å². The van der Waals surface area contributed by atoms with Gasteiger partial charge in [-0.1, -0.05) is 49.4 Å². The molecule has 0 saturated carbocycles. The smallest absolute Gasteiger partial charge is 0.350 e. The Balaban J connectivity index is 1.91. The molecule has 204 valence electrons. The van der Waals surface area contributed by atoms with Gasteiger partial charge in [-0.2, -0.15) is 0 Å². The highest BCUT2D eigenvalue weighted by molar-refractivity contribution is 7.17. The summed E-state index contributed by atoms with van der Waals surface area (Å²) < 4.78 is 10.7. The molecular formula is C30H32N2O6S. The van der Waals surface area contributed by atoms with E-state index < -0.39 is 23.7 Å². The number of rotatable bonds is 8. The van der Waals surface area contributed by atoms with Crippen LogP contribution in [0.4, 0.5) is 5.13 Å². The fourth-order valence-electron chi connectivity index (χ4n) is 4.58. The maximum absolute atomic E-state index is 13.5. The molecule has 4 rings (SSSR count). The molecule has 1 saturated heterocycles. The number of ketones is 1. The van der Waals surface area contributed by atoms with Crippen molar-refractivity contribution in [3.05, 3.63) is 80.9 Å². The van der Waals surface area contributed by atoms with Crippen LogP contribution in [-0.2, 0) is 14.3 Å². The summed E-state index contributed by atoms with van der Waals surface area (Å²) in [5.74, 6) is -1.57. The maximum Gasteiger partial charge on any atom is 0.350 e. The fraction of sp³-hybridized carbons (Fsp3) is 0.333. The number of Topliss-reactive ketones (excluding diaryl/α,β-unsaturated/α-hetero) is 1. The number of aromatic nitrogens is 1. The Morgan fingerprint density at radius 1 is 1.08 bits per heavy atom. The van der Waals surface area contributed by atoms with E-state index in [0.717, 1.165) is 16.9 Å². The highest BCUT2D eigenvalue weighted by atomic mass is 32.1. The van der Waals surface area contributed by atoms with Gasteiger partial charge in [-0.3, -0.25) is 14.5 Å². The molecule has 1 aromatic heterocycles. The van der Waals surface area contributed by atoms with Crippen molar-refractivity contribution >= 4 is 39.9 Å². The van der Waals surface area contributed by atoms with Crippen molar-refractivity contribution in [1.29, 1.82) is 0 Å². The van der Waals surface area contributed by atoms with E-state index >= 15 is 0 Å². The third-order valence-corrected chi connectivity index (χ3v) is 7.72. The van der Waals surface area contributed by atoms with Crippen molar-refractivity contribution in [2.75, 3.05) is 18.1 Å². The first-order valence-corrected chi connectivity index (χ1v) is 13.7. The molecule has 1 amide bonds. The summed E-state index contributed by atoms with van der Waals surface area (Å²) in [6, 6.07) is 11.8. The molecule has 0 bridgehead atoms. The van der Waals surface area contributed by atoms with Gasteiger partial charge in [0.2, 0.25) is 0 Å². The lowest BCUT2D eigenvalue weighted by Crippen LogP contribution is -2.29. The third kappa shape index (κ3) is 5.31. The predicted molar refractivity (Wildman–Crippen MR) is 150 cm³/mol. The number of hydrogen-bond donors (Lipinski definition) is 1. The number of amides is 1. The van der Waals surface area contributed by atoms with Gasteiger partial charge < -0.3 is 14.6 Å². The highest BCUT2D eigenvalue weighted by Gasteiger charge is 2.48. The Labute approximate surface area is 231 Å². The molecule has 1 unspecified atom stereocenters. The van der Waals surface area contributed by atoms with E-state index in [4.69, 9.17) is 9.47 Å². The second-order valence-electron chi connectivity index (χ2n) is 9.53. The standard InChI is InChI=1S/C30H32N2O6S/c1-7-37-21-13-14-22(17(5)15-21)25(33)23-24(20-11-9-19(10-12-20)16(3)4)32(28(35)26(23)34)30-31-18(6)27(39-30)29(36)38-8-2/h9-16,24,33H,7-8H2,1-6H3/b25-23+.